The van der Waals surface area contributed by atoms with E-state index in [1.807, 2.05) is 50.2 Å². The third-order valence-electron chi connectivity index (χ3n) is 3.33. The zero-order valence-corrected chi connectivity index (χ0v) is 13.2. The van der Waals surface area contributed by atoms with Crippen molar-refractivity contribution in [3.05, 3.63) is 42.5 Å². The number of fused-ring (bicyclic) bond motifs is 1. The molecule has 0 saturated heterocycles. The van der Waals surface area contributed by atoms with E-state index in [0.29, 0.717) is 0 Å². The fourth-order valence-electron chi connectivity index (χ4n) is 1.95. The minimum atomic E-state index is -0.134. The minimum Gasteiger partial charge on any atom is -0.396 e. The second kappa shape index (κ2) is 7.48. The van der Waals surface area contributed by atoms with Gasteiger partial charge >= 0.3 is 0 Å². The third-order valence-corrected chi connectivity index (χ3v) is 4.80. The molecule has 112 valence electrons. The second-order valence-corrected chi connectivity index (χ2v) is 6.69. The summed E-state index contributed by atoms with van der Waals surface area (Å²) in [6, 6.07) is 14.0. The number of aliphatic hydroxyl groups excluding tert-OH is 1. The van der Waals surface area contributed by atoms with Crippen molar-refractivity contribution in [3.8, 4) is 0 Å². The zero-order chi connectivity index (χ0) is 15.2. The zero-order valence-electron chi connectivity index (χ0n) is 12.4. The Morgan fingerprint density at radius 2 is 1.90 bits per heavy atom. The molecule has 0 bridgehead atoms. The monoisotopic (exact) mass is 303 g/mol. The van der Waals surface area contributed by atoms with Gasteiger partial charge in [0.2, 0.25) is 5.91 Å². The molecule has 0 aliphatic rings. The summed E-state index contributed by atoms with van der Waals surface area (Å²) in [4.78, 5) is 12.2. The summed E-state index contributed by atoms with van der Waals surface area (Å²) in [7, 11) is 0. The maximum Gasteiger partial charge on any atom is 0.237 e. The topological polar surface area (TPSA) is 49.3 Å². The Labute approximate surface area is 129 Å². The number of carbonyl (C=O) groups excluding carboxylic acids is 1. The van der Waals surface area contributed by atoms with Crippen LogP contribution < -0.4 is 5.32 Å². The molecule has 0 fully saturated rings. The number of benzene rings is 2. The molecule has 0 spiro atoms. The summed E-state index contributed by atoms with van der Waals surface area (Å²) in [6.45, 7) is 4.03. The van der Waals surface area contributed by atoms with Crippen molar-refractivity contribution in [1.29, 1.82) is 0 Å². The van der Waals surface area contributed by atoms with Gasteiger partial charge in [0.1, 0.15) is 0 Å². The lowest BCUT2D eigenvalue weighted by Crippen LogP contribution is -2.23. The molecule has 2 aromatic rings. The lowest BCUT2D eigenvalue weighted by atomic mass is 10.1. The number of rotatable bonds is 6. The van der Waals surface area contributed by atoms with Crippen LogP contribution in [-0.2, 0) is 4.79 Å². The normalized spacial score (nSPS) is 13.9. The Morgan fingerprint density at radius 1 is 1.19 bits per heavy atom. The van der Waals surface area contributed by atoms with Crippen LogP contribution in [0.4, 0.5) is 5.69 Å². The number of hydrogen-bond donors (Lipinski definition) is 2. The van der Waals surface area contributed by atoms with E-state index in [9.17, 15) is 4.79 Å². The standard InChI is InChI=1S/C17H21NO2S/c1-12(10-19)11-21-13(2)17(20)18-16-8-7-14-5-3-4-6-15(14)9-16/h3-9,12-13,19H,10-11H2,1-2H3,(H,18,20). The van der Waals surface area contributed by atoms with Gasteiger partial charge in [-0.2, -0.15) is 0 Å². The van der Waals surface area contributed by atoms with Gasteiger partial charge in [-0.05, 0) is 41.5 Å². The van der Waals surface area contributed by atoms with E-state index in [1.165, 1.54) is 0 Å². The highest BCUT2D eigenvalue weighted by molar-refractivity contribution is 8.00. The highest BCUT2D eigenvalue weighted by Crippen LogP contribution is 2.21. The van der Waals surface area contributed by atoms with E-state index < -0.39 is 0 Å². The van der Waals surface area contributed by atoms with Gasteiger partial charge in [0.05, 0.1) is 5.25 Å². The van der Waals surface area contributed by atoms with Crippen molar-refractivity contribution in [2.24, 2.45) is 5.92 Å². The van der Waals surface area contributed by atoms with Crippen molar-refractivity contribution in [2.75, 3.05) is 17.7 Å². The number of amides is 1. The van der Waals surface area contributed by atoms with Crippen LogP contribution in [0.15, 0.2) is 42.5 Å². The summed E-state index contributed by atoms with van der Waals surface area (Å²) in [5.41, 5.74) is 0.821. The van der Waals surface area contributed by atoms with Gasteiger partial charge in [-0.25, -0.2) is 0 Å². The lowest BCUT2D eigenvalue weighted by Gasteiger charge is -2.14. The number of thioether (sulfide) groups is 1. The second-order valence-electron chi connectivity index (χ2n) is 5.31. The molecule has 21 heavy (non-hydrogen) atoms. The number of anilines is 1. The first kappa shape index (κ1) is 15.9. The van der Waals surface area contributed by atoms with Gasteiger partial charge < -0.3 is 10.4 Å². The van der Waals surface area contributed by atoms with Crippen molar-refractivity contribution in [3.63, 3.8) is 0 Å². The average molecular weight is 303 g/mol. The van der Waals surface area contributed by atoms with Gasteiger partial charge in [0, 0.05) is 12.3 Å². The van der Waals surface area contributed by atoms with Crippen molar-refractivity contribution >= 4 is 34.1 Å². The van der Waals surface area contributed by atoms with Crippen molar-refractivity contribution in [2.45, 2.75) is 19.1 Å². The van der Waals surface area contributed by atoms with E-state index in [1.54, 1.807) is 11.8 Å². The Bertz CT molecular complexity index is 615. The van der Waals surface area contributed by atoms with Crippen LogP contribution in [0.2, 0.25) is 0 Å². The van der Waals surface area contributed by atoms with Crippen LogP contribution in [-0.4, -0.2) is 28.6 Å². The molecule has 4 heteroatoms. The average Bonchev–Trinajstić information content (AvgIpc) is 2.51. The molecule has 1 amide bonds. The van der Waals surface area contributed by atoms with Crippen LogP contribution in [0.5, 0.6) is 0 Å². The Hall–Kier alpha value is -1.52. The van der Waals surface area contributed by atoms with Gasteiger partial charge in [-0.1, -0.05) is 37.3 Å². The maximum absolute atomic E-state index is 12.2. The summed E-state index contributed by atoms with van der Waals surface area (Å²) in [6.07, 6.45) is 0. The molecule has 3 nitrogen and oxygen atoms in total. The third kappa shape index (κ3) is 4.48. The van der Waals surface area contributed by atoms with E-state index in [0.717, 1.165) is 22.2 Å². The Morgan fingerprint density at radius 3 is 2.62 bits per heavy atom. The van der Waals surface area contributed by atoms with E-state index in [-0.39, 0.29) is 23.7 Å². The van der Waals surface area contributed by atoms with E-state index >= 15 is 0 Å². The first-order valence-corrected chi connectivity index (χ1v) is 8.17. The Kier molecular flexibility index (Phi) is 5.65. The lowest BCUT2D eigenvalue weighted by molar-refractivity contribution is -0.115. The molecule has 2 atom stereocenters. The molecule has 0 saturated carbocycles. The summed E-state index contributed by atoms with van der Waals surface area (Å²) in [5, 5.41) is 14.1. The molecule has 0 aliphatic carbocycles. The van der Waals surface area contributed by atoms with Crippen LogP contribution in [0.25, 0.3) is 10.8 Å². The van der Waals surface area contributed by atoms with Crippen molar-refractivity contribution < 1.29 is 9.90 Å². The van der Waals surface area contributed by atoms with Gasteiger partial charge in [0.25, 0.3) is 0 Å². The molecular formula is C17H21NO2S. The predicted molar refractivity (Wildman–Crippen MR) is 90.7 cm³/mol. The van der Waals surface area contributed by atoms with Gasteiger partial charge in [0.15, 0.2) is 0 Å². The van der Waals surface area contributed by atoms with Gasteiger partial charge in [-0.15, -0.1) is 11.8 Å². The quantitative estimate of drug-likeness (QED) is 0.858. The number of carbonyl (C=O) groups is 1. The number of hydrogen-bond acceptors (Lipinski definition) is 3. The van der Waals surface area contributed by atoms with Gasteiger partial charge in [-0.3, -0.25) is 4.79 Å². The van der Waals surface area contributed by atoms with Crippen LogP contribution in [0, 0.1) is 5.92 Å². The summed E-state index contributed by atoms with van der Waals surface area (Å²) < 4.78 is 0. The van der Waals surface area contributed by atoms with Crippen molar-refractivity contribution in [1.82, 2.24) is 0 Å². The van der Waals surface area contributed by atoms with Crippen LogP contribution in [0.3, 0.4) is 0 Å². The molecule has 0 aliphatic heterocycles. The summed E-state index contributed by atoms with van der Waals surface area (Å²) in [5.74, 6) is 0.995. The number of aliphatic hydroxyl groups is 1. The highest BCUT2D eigenvalue weighted by Gasteiger charge is 2.15. The molecule has 0 radical (unpaired) electrons. The molecular weight excluding hydrogens is 282 g/mol. The summed E-state index contributed by atoms with van der Waals surface area (Å²) >= 11 is 1.57. The Balaban J connectivity index is 1.97. The SMILES string of the molecule is CC(CO)CSC(C)C(=O)Nc1ccc2ccccc2c1. The van der Waals surface area contributed by atoms with E-state index in [2.05, 4.69) is 11.4 Å². The first-order chi connectivity index (χ1) is 10.1. The highest BCUT2D eigenvalue weighted by atomic mass is 32.2. The first-order valence-electron chi connectivity index (χ1n) is 7.12. The molecule has 2 rings (SSSR count). The van der Waals surface area contributed by atoms with E-state index in [4.69, 9.17) is 5.11 Å². The molecule has 2 N–H and O–H groups in total. The maximum atomic E-state index is 12.2. The fourth-order valence-corrected chi connectivity index (χ4v) is 2.88. The number of nitrogens with one attached hydrogen (secondary N) is 1. The molecule has 2 unspecified atom stereocenters. The van der Waals surface area contributed by atoms with Crippen LogP contribution >= 0.6 is 11.8 Å². The van der Waals surface area contributed by atoms with Crippen LogP contribution in [0.1, 0.15) is 13.8 Å². The minimum absolute atomic E-state index is 0.000390. The largest absolute Gasteiger partial charge is 0.396 e. The molecule has 2 aromatic carbocycles. The predicted octanol–water partition coefficient (Wildman–Crippen LogP) is 3.53. The fraction of sp³-hybridized carbons (Fsp3) is 0.353. The molecule has 0 heterocycles. The smallest absolute Gasteiger partial charge is 0.237 e. The molecule has 0 aromatic heterocycles.